The first-order valence-electron chi connectivity index (χ1n) is 5.03. The maximum Gasteiger partial charge on any atom is 0.309 e. The molecule has 5 heteroatoms. The number of halogens is 2. The van der Waals surface area contributed by atoms with Gasteiger partial charge in [-0.2, -0.15) is 0 Å². The van der Waals surface area contributed by atoms with E-state index < -0.39 is 17.2 Å². The van der Waals surface area contributed by atoms with E-state index in [9.17, 15) is 9.18 Å². The van der Waals surface area contributed by atoms with Gasteiger partial charge in [0, 0.05) is 0 Å². The lowest BCUT2D eigenvalue weighted by atomic mass is 9.86. The number of hydrogen-bond acceptors (Lipinski definition) is 2. The molecule has 17 heavy (non-hydrogen) atoms. The molecular formula is C12H14ClFO2S. The molecule has 0 aliphatic heterocycles. The van der Waals surface area contributed by atoms with Crippen molar-refractivity contribution in [2.75, 3.05) is 6.26 Å². The van der Waals surface area contributed by atoms with Crippen molar-refractivity contribution >= 4 is 29.3 Å². The lowest BCUT2D eigenvalue weighted by Crippen LogP contribution is -2.26. The Morgan fingerprint density at radius 2 is 2.12 bits per heavy atom. The molecule has 2 nitrogen and oxygen atoms in total. The highest BCUT2D eigenvalue weighted by molar-refractivity contribution is 7.98. The molecule has 0 saturated carbocycles. The van der Waals surface area contributed by atoms with Gasteiger partial charge in [-0.05, 0) is 44.2 Å². The van der Waals surface area contributed by atoms with Crippen LogP contribution < -0.4 is 0 Å². The van der Waals surface area contributed by atoms with Crippen LogP contribution in [0.1, 0.15) is 19.4 Å². The molecule has 0 aliphatic carbocycles. The summed E-state index contributed by atoms with van der Waals surface area (Å²) in [5.41, 5.74) is -0.339. The first kappa shape index (κ1) is 14.3. The quantitative estimate of drug-likeness (QED) is 0.849. The van der Waals surface area contributed by atoms with Crippen molar-refractivity contribution in [2.24, 2.45) is 5.41 Å². The van der Waals surface area contributed by atoms with Crippen molar-refractivity contribution < 1.29 is 14.3 Å². The van der Waals surface area contributed by atoms with Crippen LogP contribution >= 0.6 is 23.4 Å². The molecule has 94 valence electrons. The van der Waals surface area contributed by atoms with E-state index >= 15 is 0 Å². The van der Waals surface area contributed by atoms with Crippen LogP contribution in [0.4, 0.5) is 4.39 Å². The molecule has 0 bridgehead atoms. The number of carboxylic acids is 1. The van der Waals surface area contributed by atoms with Crippen molar-refractivity contribution in [3.05, 3.63) is 28.5 Å². The summed E-state index contributed by atoms with van der Waals surface area (Å²) >= 11 is 7.17. The molecule has 0 spiro atoms. The van der Waals surface area contributed by atoms with Crippen LogP contribution in [0.2, 0.25) is 5.02 Å². The Kier molecular flexibility index (Phi) is 4.44. The zero-order valence-electron chi connectivity index (χ0n) is 9.88. The standard InChI is InChI=1S/C12H14ClFO2S/c1-12(2,11(15)16)6-7-4-8(13)10(17-3)9(14)5-7/h4-5H,6H2,1-3H3,(H,15,16). The Morgan fingerprint density at radius 1 is 1.53 bits per heavy atom. The highest BCUT2D eigenvalue weighted by Gasteiger charge is 2.28. The number of aliphatic carboxylic acids is 1. The molecule has 0 amide bonds. The molecule has 1 rings (SSSR count). The fourth-order valence-corrected chi connectivity index (χ4v) is 2.47. The maximum absolute atomic E-state index is 13.6. The van der Waals surface area contributed by atoms with Crippen LogP contribution in [-0.2, 0) is 11.2 Å². The second-order valence-corrected chi connectivity index (χ2v) is 5.68. The molecule has 1 N–H and O–H groups in total. The molecule has 0 aliphatic rings. The summed E-state index contributed by atoms with van der Waals surface area (Å²) in [6.45, 7) is 3.20. The molecule has 0 unspecified atom stereocenters. The van der Waals surface area contributed by atoms with Crippen LogP contribution in [0.25, 0.3) is 0 Å². The van der Waals surface area contributed by atoms with E-state index in [-0.39, 0.29) is 6.42 Å². The smallest absolute Gasteiger partial charge is 0.309 e. The van der Waals surface area contributed by atoms with E-state index in [1.54, 1.807) is 26.2 Å². The van der Waals surface area contributed by atoms with Gasteiger partial charge in [0.1, 0.15) is 5.82 Å². The van der Waals surface area contributed by atoms with Crippen LogP contribution in [0.3, 0.4) is 0 Å². The monoisotopic (exact) mass is 276 g/mol. The van der Waals surface area contributed by atoms with Gasteiger partial charge >= 0.3 is 5.97 Å². The predicted octanol–water partition coefficient (Wildman–Crippen LogP) is 3.85. The van der Waals surface area contributed by atoms with Crippen molar-refractivity contribution in [1.29, 1.82) is 0 Å². The number of thioether (sulfide) groups is 1. The Morgan fingerprint density at radius 3 is 2.53 bits per heavy atom. The summed E-state index contributed by atoms with van der Waals surface area (Å²) in [4.78, 5) is 11.4. The molecular weight excluding hydrogens is 263 g/mol. The number of carboxylic acid groups (broad SMARTS) is 1. The molecule has 0 heterocycles. The Hall–Kier alpha value is -0.740. The second kappa shape index (κ2) is 5.27. The Balaban J connectivity index is 3.06. The summed E-state index contributed by atoms with van der Waals surface area (Å²) in [6.07, 6.45) is 1.98. The van der Waals surface area contributed by atoms with Gasteiger partial charge < -0.3 is 5.11 Å². The van der Waals surface area contributed by atoms with Gasteiger partial charge in [-0.15, -0.1) is 11.8 Å². The van der Waals surface area contributed by atoms with Crippen molar-refractivity contribution in [3.8, 4) is 0 Å². The van der Waals surface area contributed by atoms with Crippen molar-refractivity contribution in [3.63, 3.8) is 0 Å². The average molecular weight is 277 g/mol. The number of hydrogen-bond donors (Lipinski definition) is 1. The van der Waals surface area contributed by atoms with Gasteiger partial charge in [0.15, 0.2) is 0 Å². The van der Waals surface area contributed by atoms with Gasteiger partial charge in [0.05, 0.1) is 15.3 Å². The largest absolute Gasteiger partial charge is 0.481 e. The fourth-order valence-electron chi connectivity index (χ4n) is 1.50. The number of rotatable bonds is 4. The summed E-state index contributed by atoms with van der Waals surface area (Å²) in [6, 6.07) is 2.98. The van der Waals surface area contributed by atoms with Crippen molar-refractivity contribution in [1.82, 2.24) is 0 Å². The Bertz CT molecular complexity index is 423. The average Bonchev–Trinajstić information content (AvgIpc) is 2.15. The molecule has 0 fully saturated rings. The van der Waals surface area contributed by atoms with E-state index in [0.717, 1.165) is 0 Å². The molecule has 1 aromatic rings. The first-order chi connectivity index (χ1) is 7.77. The topological polar surface area (TPSA) is 37.3 Å². The molecule has 1 aromatic carbocycles. The van der Waals surface area contributed by atoms with Crippen molar-refractivity contribution in [2.45, 2.75) is 25.2 Å². The molecule has 0 saturated heterocycles. The lowest BCUT2D eigenvalue weighted by molar-refractivity contribution is -0.146. The normalized spacial score (nSPS) is 11.6. The van der Waals surface area contributed by atoms with Gasteiger partial charge in [-0.25, -0.2) is 4.39 Å². The van der Waals surface area contributed by atoms with Crippen LogP contribution in [0.5, 0.6) is 0 Å². The van der Waals surface area contributed by atoms with E-state index in [1.165, 1.54) is 17.8 Å². The van der Waals surface area contributed by atoms with Gasteiger partial charge in [-0.3, -0.25) is 4.79 Å². The Labute approximate surface area is 109 Å². The summed E-state index contributed by atoms with van der Waals surface area (Å²) in [5.74, 6) is -1.32. The van der Waals surface area contributed by atoms with E-state index in [2.05, 4.69) is 0 Å². The van der Waals surface area contributed by atoms with E-state index in [4.69, 9.17) is 16.7 Å². The summed E-state index contributed by atoms with van der Waals surface area (Å²) in [5, 5.41) is 9.34. The van der Waals surface area contributed by atoms with Crippen LogP contribution in [0, 0.1) is 11.2 Å². The van der Waals surface area contributed by atoms with Gasteiger partial charge in [0.2, 0.25) is 0 Å². The fraction of sp³-hybridized carbons (Fsp3) is 0.417. The number of carbonyl (C=O) groups is 1. The molecule has 0 atom stereocenters. The third kappa shape index (κ3) is 3.36. The molecule has 0 aromatic heterocycles. The second-order valence-electron chi connectivity index (χ2n) is 4.46. The predicted molar refractivity (Wildman–Crippen MR) is 68.3 cm³/mol. The minimum Gasteiger partial charge on any atom is -0.481 e. The first-order valence-corrected chi connectivity index (χ1v) is 6.63. The van der Waals surface area contributed by atoms with E-state index in [1.807, 2.05) is 0 Å². The van der Waals surface area contributed by atoms with Crippen LogP contribution in [-0.4, -0.2) is 17.3 Å². The summed E-state index contributed by atoms with van der Waals surface area (Å²) in [7, 11) is 0. The number of benzene rings is 1. The zero-order valence-corrected chi connectivity index (χ0v) is 11.5. The minimum atomic E-state index is -0.934. The summed E-state index contributed by atoms with van der Waals surface area (Å²) < 4.78 is 13.6. The lowest BCUT2D eigenvalue weighted by Gasteiger charge is -2.19. The minimum absolute atomic E-state index is 0.244. The third-order valence-electron chi connectivity index (χ3n) is 2.49. The van der Waals surface area contributed by atoms with Gasteiger partial charge in [0.25, 0.3) is 0 Å². The highest BCUT2D eigenvalue weighted by atomic mass is 35.5. The van der Waals surface area contributed by atoms with Gasteiger partial charge in [-0.1, -0.05) is 11.6 Å². The van der Waals surface area contributed by atoms with E-state index in [0.29, 0.717) is 15.5 Å². The van der Waals surface area contributed by atoms with Crippen LogP contribution in [0.15, 0.2) is 17.0 Å². The SMILES string of the molecule is CSc1c(F)cc(CC(C)(C)C(=O)O)cc1Cl. The molecule has 0 radical (unpaired) electrons. The third-order valence-corrected chi connectivity index (χ3v) is 3.72. The highest BCUT2D eigenvalue weighted by Crippen LogP contribution is 2.32. The zero-order chi connectivity index (χ0) is 13.2. The maximum atomic E-state index is 13.6.